The zero-order valence-electron chi connectivity index (χ0n) is 17.5. The minimum absolute atomic E-state index is 0.0944. The van der Waals surface area contributed by atoms with E-state index in [1.54, 1.807) is 36.4 Å². The highest BCUT2D eigenvalue weighted by atomic mass is 32.2. The number of fused-ring (bicyclic) bond motifs is 1. The number of hydrogen-bond donors (Lipinski definition) is 1. The van der Waals surface area contributed by atoms with Crippen LogP contribution in [0.4, 0.5) is 5.69 Å². The van der Waals surface area contributed by atoms with Gasteiger partial charge in [0.05, 0.1) is 10.6 Å². The van der Waals surface area contributed by atoms with E-state index in [-0.39, 0.29) is 10.5 Å². The monoisotopic (exact) mass is 460 g/mol. The molecular formula is C23H20N6O3S. The van der Waals surface area contributed by atoms with Crippen LogP contribution in [0.1, 0.15) is 21.5 Å². The lowest BCUT2D eigenvalue weighted by Gasteiger charge is -2.28. The molecule has 0 bridgehead atoms. The van der Waals surface area contributed by atoms with Crippen molar-refractivity contribution in [3.05, 3.63) is 95.8 Å². The van der Waals surface area contributed by atoms with Gasteiger partial charge in [0.15, 0.2) is 0 Å². The van der Waals surface area contributed by atoms with Gasteiger partial charge in [-0.05, 0) is 64.4 Å². The second kappa shape index (κ2) is 8.57. The van der Waals surface area contributed by atoms with Crippen LogP contribution >= 0.6 is 0 Å². The third-order valence-corrected chi connectivity index (χ3v) is 7.39. The Balaban J connectivity index is 1.36. The van der Waals surface area contributed by atoms with Crippen molar-refractivity contribution in [3.8, 4) is 5.69 Å². The average Bonchev–Trinajstić information content (AvgIpc) is 3.39. The molecule has 0 saturated heterocycles. The van der Waals surface area contributed by atoms with E-state index in [1.807, 2.05) is 24.3 Å². The smallest absolute Gasteiger partial charge is 0.255 e. The Morgan fingerprint density at radius 1 is 0.939 bits per heavy atom. The third kappa shape index (κ3) is 4.26. The number of tetrazole rings is 1. The van der Waals surface area contributed by atoms with Gasteiger partial charge in [0, 0.05) is 24.3 Å². The number of anilines is 1. The van der Waals surface area contributed by atoms with Crippen molar-refractivity contribution < 1.29 is 13.2 Å². The number of sulfonamides is 1. The molecular weight excluding hydrogens is 440 g/mol. The van der Waals surface area contributed by atoms with Crippen molar-refractivity contribution in [1.82, 2.24) is 24.5 Å². The minimum atomic E-state index is -3.74. The Bertz CT molecular complexity index is 1420. The highest BCUT2D eigenvalue weighted by Gasteiger charge is 2.28. The quantitative estimate of drug-likeness (QED) is 0.490. The maximum Gasteiger partial charge on any atom is 0.255 e. The van der Waals surface area contributed by atoms with Crippen molar-refractivity contribution in [3.63, 3.8) is 0 Å². The first-order valence-corrected chi connectivity index (χ1v) is 11.8. The van der Waals surface area contributed by atoms with Gasteiger partial charge in [0.1, 0.15) is 6.33 Å². The van der Waals surface area contributed by atoms with E-state index in [0.717, 1.165) is 5.56 Å². The summed E-state index contributed by atoms with van der Waals surface area (Å²) in [6.45, 7) is 0.721. The molecule has 2 heterocycles. The maximum atomic E-state index is 13.3. The molecule has 0 fully saturated rings. The number of carbonyl (C=O) groups excluding carboxylic acids is 1. The van der Waals surface area contributed by atoms with Crippen molar-refractivity contribution >= 4 is 21.6 Å². The zero-order chi connectivity index (χ0) is 22.8. The lowest BCUT2D eigenvalue weighted by Crippen LogP contribution is -2.36. The first kappa shape index (κ1) is 21.0. The van der Waals surface area contributed by atoms with Crippen LogP contribution in [-0.2, 0) is 23.0 Å². The fraction of sp³-hybridized carbons (Fsp3) is 0.130. The average molecular weight is 461 g/mol. The van der Waals surface area contributed by atoms with Gasteiger partial charge < -0.3 is 5.32 Å². The van der Waals surface area contributed by atoms with Crippen LogP contribution in [0.25, 0.3) is 5.69 Å². The standard InChI is InChI=1S/C23H20N6O3S/c30-23(25-20-8-4-9-21(14-20)29-16-24-26-27-29)18-7-3-10-22(13-18)33(31,32)28-12-11-17-5-1-2-6-19(17)15-28/h1-10,13-14,16H,11-12,15H2,(H,25,30). The summed E-state index contributed by atoms with van der Waals surface area (Å²) >= 11 is 0. The molecule has 10 heteroatoms. The van der Waals surface area contributed by atoms with Crippen molar-refractivity contribution in [2.75, 3.05) is 11.9 Å². The van der Waals surface area contributed by atoms with E-state index >= 15 is 0 Å². The van der Waals surface area contributed by atoms with Crippen LogP contribution in [0.2, 0.25) is 0 Å². The van der Waals surface area contributed by atoms with Crippen molar-refractivity contribution in [1.29, 1.82) is 0 Å². The van der Waals surface area contributed by atoms with Gasteiger partial charge >= 0.3 is 0 Å². The van der Waals surface area contributed by atoms with Gasteiger partial charge in [0.25, 0.3) is 5.91 Å². The Labute approximate surface area is 190 Å². The SMILES string of the molecule is O=C(Nc1cccc(-n2cnnn2)c1)c1cccc(S(=O)(=O)N2CCc3ccccc3C2)c1. The molecule has 33 heavy (non-hydrogen) atoms. The molecule has 0 spiro atoms. The van der Waals surface area contributed by atoms with E-state index < -0.39 is 15.9 Å². The molecule has 1 N–H and O–H groups in total. The maximum absolute atomic E-state index is 13.3. The molecule has 0 unspecified atom stereocenters. The summed E-state index contributed by atoms with van der Waals surface area (Å²) in [7, 11) is -3.74. The Morgan fingerprint density at radius 3 is 2.58 bits per heavy atom. The summed E-state index contributed by atoms with van der Waals surface area (Å²) in [6.07, 6.45) is 2.11. The lowest BCUT2D eigenvalue weighted by atomic mass is 10.0. The number of hydrogen-bond acceptors (Lipinski definition) is 6. The molecule has 1 aromatic heterocycles. The van der Waals surface area contributed by atoms with Gasteiger partial charge in [-0.1, -0.05) is 36.4 Å². The van der Waals surface area contributed by atoms with Crippen LogP contribution in [-0.4, -0.2) is 45.4 Å². The largest absolute Gasteiger partial charge is 0.322 e. The number of rotatable bonds is 5. The van der Waals surface area contributed by atoms with Crippen LogP contribution in [0.5, 0.6) is 0 Å². The molecule has 0 saturated carbocycles. The highest BCUT2D eigenvalue weighted by molar-refractivity contribution is 7.89. The molecule has 3 aromatic carbocycles. The Kier molecular flexibility index (Phi) is 5.45. The van der Waals surface area contributed by atoms with Crippen LogP contribution in [0.3, 0.4) is 0 Å². The molecule has 4 aromatic rings. The number of benzene rings is 3. The van der Waals surface area contributed by atoms with Gasteiger partial charge in [-0.3, -0.25) is 4.79 Å². The molecule has 1 amide bonds. The number of amides is 1. The zero-order valence-corrected chi connectivity index (χ0v) is 18.3. The van der Waals surface area contributed by atoms with Crippen LogP contribution in [0, 0.1) is 0 Å². The van der Waals surface area contributed by atoms with Crippen LogP contribution in [0.15, 0.2) is 84.0 Å². The van der Waals surface area contributed by atoms with E-state index in [2.05, 4.69) is 20.8 Å². The summed E-state index contributed by atoms with van der Waals surface area (Å²) in [6, 6.07) is 21.0. The fourth-order valence-electron chi connectivity index (χ4n) is 3.83. The van der Waals surface area contributed by atoms with E-state index in [4.69, 9.17) is 0 Å². The van der Waals surface area contributed by atoms with Crippen LogP contribution < -0.4 is 5.32 Å². The number of aromatic nitrogens is 4. The van der Waals surface area contributed by atoms with Gasteiger partial charge in [0.2, 0.25) is 10.0 Å². The van der Waals surface area contributed by atoms with E-state index in [1.165, 1.54) is 33.0 Å². The summed E-state index contributed by atoms with van der Waals surface area (Å²) in [5.41, 5.74) is 3.64. The first-order chi connectivity index (χ1) is 16.0. The number of nitrogens with zero attached hydrogens (tertiary/aromatic N) is 5. The molecule has 1 aliphatic rings. The molecule has 0 atom stereocenters. The van der Waals surface area contributed by atoms with Gasteiger partial charge in [-0.2, -0.15) is 4.31 Å². The predicted molar refractivity (Wildman–Crippen MR) is 121 cm³/mol. The summed E-state index contributed by atoms with van der Waals surface area (Å²) in [4.78, 5) is 13.0. The highest BCUT2D eigenvalue weighted by Crippen LogP contribution is 2.25. The van der Waals surface area contributed by atoms with Crippen molar-refractivity contribution in [2.24, 2.45) is 0 Å². The molecule has 0 aliphatic carbocycles. The Morgan fingerprint density at radius 2 is 1.76 bits per heavy atom. The fourth-order valence-corrected chi connectivity index (χ4v) is 5.30. The summed E-state index contributed by atoms with van der Waals surface area (Å²) in [5, 5.41) is 13.8. The number of carbonyl (C=O) groups is 1. The van der Waals surface area contributed by atoms with Gasteiger partial charge in [-0.25, -0.2) is 13.1 Å². The second-order valence-electron chi connectivity index (χ2n) is 7.64. The predicted octanol–water partition coefficient (Wildman–Crippen LogP) is 2.66. The minimum Gasteiger partial charge on any atom is -0.322 e. The third-order valence-electron chi connectivity index (χ3n) is 5.55. The normalized spacial score (nSPS) is 13.9. The van der Waals surface area contributed by atoms with Gasteiger partial charge in [-0.15, -0.1) is 5.10 Å². The topological polar surface area (TPSA) is 110 Å². The summed E-state index contributed by atoms with van der Waals surface area (Å²) in [5.74, 6) is -0.412. The summed E-state index contributed by atoms with van der Waals surface area (Å²) < 4.78 is 29.5. The molecule has 0 radical (unpaired) electrons. The second-order valence-corrected chi connectivity index (χ2v) is 9.58. The van der Waals surface area contributed by atoms with Crippen molar-refractivity contribution in [2.45, 2.75) is 17.9 Å². The lowest BCUT2D eigenvalue weighted by molar-refractivity contribution is 0.102. The molecule has 5 rings (SSSR count). The Hall–Kier alpha value is -3.89. The molecule has 1 aliphatic heterocycles. The first-order valence-electron chi connectivity index (χ1n) is 10.3. The number of nitrogens with one attached hydrogen (secondary N) is 1. The van der Waals surface area contributed by atoms with E-state index in [0.29, 0.717) is 30.9 Å². The molecule has 9 nitrogen and oxygen atoms in total. The molecule has 166 valence electrons. The van der Waals surface area contributed by atoms with E-state index in [9.17, 15) is 13.2 Å².